The van der Waals surface area contributed by atoms with Gasteiger partial charge in [-0.2, -0.15) is 0 Å². The van der Waals surface area contributed by atoms with Gasteiger partial charge in [-0.3, -0.25) is 4.21 Å². The van der Waals surface area contributed by atoms with Crippen LogP contribution in [0.4, 0.5) is 0 Å². The van der Waals surface area contributed by atoms with Crippen molar-refractivity contribution in [3.05, 3.63) is 47.2 Å². The van der Waals surface area contributed by atoms with Crippen LogP contribution in [0.3, 0.4) is 0 Å². The lowest BCUT2D eigenvalue weighted by Gasteiger charge is -2.24. The van der Waals surface area contributed by atoms with Crippen molar-refractivity contribution >= 4 is 9.93 Å². The van der Waals surface area contributed by atoms with Crippen LogP contribution in [-0.4, -0.2) is 9.32 Å². The maximum atomic E-state index is 12.6. The molecule has 0 aliphatic carbocycles. The van der Waals surface area contributed by atoms with Crippen LogP contribution in [-0.2, 0) is 9.93 Å². The van der Waals surface area contributed by atoms with Crippen LogP contribution in [0.15, 0.2) is 52.1 Å². The quantitative estimate of drug-likeness (QED) is 0.775. The first-order valence-corrected chi connectivity index (χ1v) is 6.31. The lowest BCUT2D eigenvalue weighted by atomic mass is 10.3. The first-order chi connectivity index (χ1) is 6.89. The molecule has 15 heavy (non-hydrogen) atoms. The number of phenolic OH excluding ortho intramolecular Hbond substituents is 1. The van der Waals surface area contributed by atoms with Crippen molar-refractivity contribution in [1.29, 1.82) is 0 Å². The third kappa shape index (κ3) is 2.02. The van der Waals surface area contributed by atoms with Gasteiger partial charge in [0.1, 0.15) is 5.75 Å². The number of aromatic hydroxyl groups is 1. The summed E-state index contributed by atoms with van der Waals surface area (Å²) in [5, 5.41) is 9.17. The average Bonchev–Trinajstić information content (AvgIpc) is 2.17. The number of phenols is 1. The molecule has 1 aromatic rings. The summed E-state index contributed by atoms with van der Waals surface area (Å²) in [6.07, 6.45) is 0. The molecule has 0 bridgehead atoms. The van der Waals surface area contributed by atoms with E-state index >= 15 is 0 Å². The van der Waals surface area contributed by atoms with E-state index in [-0.39, 0.29) is 5.75 Å². The fraction of sp³-hybridized carbons (Fsp3) is 0.167. The Hall–Kier alpha value is -1.35. The topological polar surface area (TPSA) is 37.3 Å². The minimum atomic E-state index is -2.74. The largest absolute Gasteiger partial charge is 0.508 e. The Bertz CT molecular complexity index is 425. The Morgan fingerprint density at radius 3 is 1.87 bits per heavy atom. The van der Waals surface area contributed by atoms with E-state index in [4.69, 9.17) is 5.11 Å². The van der Waals surface area contributed by atoms with Gasteiger partial charge in [-0.25, -0.2) is 0 Å². The van der Waals surface area contributed by atoms with Crippen molar-refractivity contribution in [2.75, 3.05) is 0 Å². The molecule has 0 amide bonds. The molecule has 0 fully saturated rings. The number of allylic oxidation sites excluding steroid dienone is 2. The predicted octanol–water partition coefficient (Wildman–Crippen LogP) is 2.84. The molecule has 82 valence electrons. The maximum Gasteiger partial charge on any atom is 0.115 e. The van der Waals surface area contributed by atoms with Crippen molar-refractivity contribution < 1.29 is 9.32 Å². The minimum Gasteiger partial charge on any atom is -0.508 e. The van der Waals surface area contributed by atoms with Gasteiger partial charge in [-0.1, -0.05) is 13.2 Å². The molecule has 0 aliphatic heterocycles. The Morgan fingerprint density at radius 2 is 1.53 bits per heavy atom. The molecular weight excluding hydrogens is 208 g/mol. The highest BCUT2D eigenvalue weighted by atomic mass is 32.2. The molecule has 0 unspecified atom stereocenters. The normalized spacial score (nSPS) is 12.1. The zero-order valence-corrected chi connectivity index (χ0v) is 9.92. The van der Waals surface area contributed by atoms with Gasteiger partial charge in [0.25, 0.3) is 0 Å². The van der Waals surface area contributed by atoms with E-state index in [2.05, 4.69) is 13.2 Å². The zero-order valence-electron chi connectivity index (χ0n) is 9.03. The molecule has 0 radical (unpaired) electrons. The summed E-state index contributed by atoms with van der Waals surface area (Å²) in [6.45, 7) is 11.0. The van der Waals surface area contributed by atoms with Crippen LogP contribution in [0.5, 0.6) is 5.75 Å². The average molecular weight is 224 g/mol. The smallest absolute Gasteiger partial charge is 0.115 e. The van der Waals surface area contributed by atoms with Crippen LogP contribution >= 0.6 is 0 Å². The maximum absolute atomic E-state index is 12.6. The van der Waals surface area contributed by atoms with E-state index < -0.39 is 9.93 Å². The van der Waals surface area contributed by atoms with E-state index in [1.807, 2.05) is 0 Å². The molecule has 1 N–H and O–H groups in total. The van der Waals surface area contributed by atoms with Gasteiger partial charge in [0.15, 0.2) is 0 Å². The van der Waals surface area contributed by atoms with Crippen LogP contribution in [0, 0.1) is 0 Å². The van der Waals surface area contributed by atoms with E-state index in [1.165, 1.54) is 12.1 Å². The predicted molar refractivity (Wildman–Crippen MR) is 65.5 cm³/mol. The van der Waals surface area contributed by atoms with Crippen LogP contribution in [0.25, 0.3) is 0 Å². The first-order valence-electron chi connectivity index (χ1n) is 4.61. The SMILES string of the molecule is C=C(C)[SH](=O)(C(=C)C)c1ccc(O)cc1. The molecule has 0 saturated carbocycles. The van der Waals surface area contributed by atoms with Crippen molar-refractivity contribution in [2.24, 2.45) is 0 Å². The van der Waals surface area contributed by atoms with E-state index in [0.29, 0.717) is 14.7 Å². The monoisotopic (exact) mass is 224 g/mol. The molecule has 0 aliphatic rings. The summed E-state index contributed by atoms with van der Waals surface area (Å²) >= 11 is 0. The van der Waals surface area contributed by atoms with E-state index in [9.17, 15) is 4.21 Å². The standard InChI is InChI=1S/C12H16O2S/c1-9(2)15(14,10(3)4)12-7-5-11(13)6-8-12/h5-8,13,15H,1,3H2,2,4H3. The Labute approximate surface area is 91.4 Å². The molecule has 0 saturated heterocycles. The van der Waals surface area contributed by atoms with Crippen LogP contribution in [0.2, 0.25) is 0 Å². The Balaban J connectivity index is 3.35. The number of thiol groups is 1. The van der Waals surface area contributed by atoms with Crippen LogP contribution < -0.4 is 0 Å². The molecule has 0 aromatic heterocycles. The lowest BCUT2D eigenvalue weighted by Crippen LogP contribution is -2.13. The van der Waals surface area contributed by atoms with E-state index in [1.54, 1.807) is 26.0 Å². The summed E-state index contributed by atoms with van der Waals surface area (Å²) in [5.41, 5.74) is 0. The van der Waals surface area contributed by atoms with Gasteiger partial charge < -0.3 is 5.11 Å². The lowest BCUT2D eigenvalue weighted by molar-refractivity contribution is 0.475. The number of rotatable bonds is 3. The first kappa shape index (κ1) is 11.7. The van der Waals surface area contributed by atoms with Crippen molar-refractivity contribution in [1.82, 2.24) is 0 Å². The highest BCUT2D eigenvalue weighted by molar-refractivity contribution is 8.10. The minimum absolute atomic E-state index is 0.161. The summed E-state index contributed by atoms with van der Waals surface area (Å²) < 4.78 is 12.6. The van der Waals surface area contributed by atoms with Gasteiger partial charge in [0.05, 0.1) is 0 Å². The summed E-state index contributed by atoms with van der Waals surface area (Å²) in [7, 11) is -2.74. The van der Waals surface area contributed by atoms with Gasteiger partial charge in [-0.15, -0.1) is 0 Å². The number of hydrogen-bond donors (Lipinski definition) is 2. The highest BCUT2D eigenvalue weighted by Gasteiger charge is 2.19. The van der Waals surface area contributed by atoms with Gasteiger partial charge in [-0.05, 0) is 57.9 Å². The number of benzene rings is 1. The second kappa shape index (κ2) is 4.03. The van der Waals surface area contributed by atoms with Crippen molar-refractivity contribution in [3.8, 4) is 5.75 Å². The zero-order chi connectivity index (χ0) is 11.6. The second-order valence-corrected chi connectivity index (χ2v) is 6.86. The molecule has 3 heteroatoms. The fourth-order valence-electron chi connectivity index (χ4n) is 1.43. The summed E-state index contributed by atoms with van der Waals surface area (Å²) in [6, 6.07) is 6.35. The van der Waals surface area contributed by atoms with Gasteiger partial charge in [0.2, 0.25) is 0 Å². The van der Waals surface area contributed by atoms with Gasteiger partial charge in [0, 0.05) is 4.90 Å². The molecule has 1 aromatic carbocycles. The van der Waals surface area contributed by atoms with Crippen molar-refractivity contribution in [2.45, 2.75) is 18.7 Å². The summed E-state index contributed by atoms with van der Waals surface area (Å²) in [4.78, 5) is 1.89. The number of hydrogen-bond acceptors (Lipinski definition) is 2. The fourth-order valence-corrected chi connectivity index (χ4v) is 3.53. The molecule has 0 spiro atoms. The second-order valence-electron chi connectivity index (χ2n) is 3.60. The molecule has 2 nitrogen and oxygen atoms in total. The third-order valence-corrected chi connectivity index (χ3v) is 5.46. The third-order valence-electron chi connectivity index (χ3n) is 2.29. The molecule has 1 rings (SSSR count). The van der Waals surface area contributed by atoms with Gasteiger partial charge >= 0.3 is 0 Å². The Kier molecular flexibility index (Phi) is 3.15. The summed E-state index contributed by atoms with van der Waals surface area (Å²) in [5.74, 6) is 0.161. The molecule has 0 heterocycles. The highest BCUT2D eigenvalue weighted by Crippen LogP contribution is 2.33. The molecular formula is C12H16O2S. The van der Waals surface area contributed by atoms with Crippen LogP contribution in [0.1, 0.15) is 13.8 Å². The molecule has 0 atom stereocenters. The Morgan fingerprint density at radius 1 is 1.13 bits per heavy atom. The van der Waals surface area contributed by atoms with E-state index in [0.717, 1.165) is 0 Å². The van der Waals surface area contributed by atoms with Crippen molar-refractivity contribution in [3.63, 3.8) is 0 Å².